The van der Waals surface area contributed by atoms with Gasteiger partial charge in [-0.3, -0.25) is 0 Å². The maximum atomic E-state index is 12.8. The second-order valence-electron chi connectivity index (χ2n) is 5.24. The molecule has 136 valence electrons. The van der Waals surface area contributed by atoms with Crippen molar-refractivity contribution in [2.75, 3.05) is 12.8 Å². The SMILES string of the molecule is COc1ccc(Cl)cc1-c1nnn(-c2ccc(C(F)(F)F)cc2Cl)c1N. The van der Waals surface area contributed by atoms with Crippen molar-refractivity contribution in [3.8, 4) is 22.7 Å². The van der Waals surface area contributed by atoms with Gasteiger partial charge in [0.05, 0.1) is 23.4 Å². The number of nitrogens with zero attached hydrogens (tertiary/aromatic N) is 3. The van der Waals surface area contributed by atoms with Crippen LogP contribution in [0.5, 0.6) is 5.75 Å². The number of halogens is 5. The highest BCUT2D eigenvalue weighted by Crippen LogP contribution is 2.37. The first-order valence-electron chi connectivity index (χ1n) is 7.14. The molecule has 0 aliphatic heterocycles. The Morgan fingerprint density at radius 2 is 1.85 bits per heavy atom. The molecular formula is C16H11Cl2F3N4O. The molecule has 3 aromatic rings. The highest BCUT2D eigenvalue weighted by atomic mass is 35.5. The van der Waals surface area contributed by atoms with Crippen LogP contribution in [0, 0.1) is 0 Å². The number of hydrogen-bond donors (Lipinski definition) is 1. The lowest BCUT2D eigenvalue weighted by Gasteiger charge is -2.11. The van der Waals surface area contributed by atoms with E-state index in [9.17, 15) is 13.2 Å². The van der Waals surface area contributed by atoms with Crippen molar-refractivity contribution >= 4 is 29.0 Å². The van der Waals surface area contributed by atoms with Crippen molar-refractivity contribution in [3.05, 3.63) is 52.0 Å². The van der Waals surface area contributed by atoms with Gasteiger partial charge >= 0.3 is 6.18 Å². The molecule has 0 saturated carbocycles. The molecule has 5 nitrogen and oxygen atoms in total. The Morgan fingerprint density at radius 1 is 1.12 bits per heavy atom. The zero-order chi connectivity index (χ0) is 19.1. The Morgan fingerprint density at radius 3 is 2.46 bits per heavy atom. The fourth-order valence-electron chi connectivity index (χ4n) is 2.38. The molecule has 0 fully saturated rings. The Balaban J connectivity index is 2.10. The van der Waals surface area contributed by atoms with Crippen molar-refractivity contribution in [1.82, 2.24) is 15.0 Å². The highest BCUT2D eigenvalue weighted by molar-refractivity contribution is 6.32. The predicted molar refractivity (Wildman–Crippen MR) is 92.8 cm³/mol. The van der Waals surface area contributed by atoms with Crippen molar-refractivity contribution < 1.29 is 17.9 Å². The predicted octanol–water partition coefficient (Wildman–Crippen LogP) is 4.85. The second kappa shape index (κ2) is 6.69. The summed E-state index contributed by atoms with van der Waals surface area (Å²) in [6.07, 6.45) is -4.50. The van der Waals surface area contributed by atoms with Gasteiger partial charge in [-0.2, -0.15) is 17.9 Å². The molecule has 26 heavy (non-hydrogen) atoms. The summed E-state index contributed by atoms with van der Waals surface area (Å²) in [5, 5.41) is 8.16. The Bertz CT molecular complexity index is 973. The first-order valence-corrected chi connectivity index (χ1v) is 7.90. The van der Waals surface area contributed by atoms with Crippen LogP contribution in [-0.2, 0) is 6.18 Å². The van der Waals surface area contributed by atoms with Crippen molar-refractivity contribution in [2.45, 2.75) is 6.18 Å². The van der Waals surface area contributed by atoms with Crippen LogP contribution in [0.4, 0.5) is 19.0 Å². The molecule has 10 heteroatoms. The van der Waals surface area contributed by atoms with E-state index in [0.29, 0.717) is 16.3 Å². The van der Waals surface area contributed by atoms with Crippen LogP contribution in [-0.4, -0.2) is 22.1 Å². The molecule has 0 aliphatic carbocycles. The van der Waals surface area contributed by atoms with E-state index in [1.165, 1.54) is 13.2 Å². The zero-order valence-corrected chi connectivity index (χ0v) is 14.7. The number of nitrogen functional groups attached to an aromatic ring is 1. The molecule has 1 aromatic heterocycles. The van der Waals surface area contributed by atoms with E-state index in [1.54, 1.807) is 18.2 Å². The molecule has 0 radical (unpaired) electrons. The molecule has 0 saturated heterocycles. The van der Waals surface area contributed by atoms with E-state index in [4.69, 9.17) is 33.7 Å². The fourth-order valence-corrected chi connectivity index (χ4v) is 2.81. The summed E-state index contributed by atoms with van der Waals surface area (Å²) < 4.78 is 44.8. The van der Waals surface area contributed by atoms with Crippen LogP contribution >= 0.6 is 23.2 Å². The third-order valence-corrected chi connectivity index (χ3v) is 4.16. The number of ether oxygens (including phenoxy) is 1. The van der Waals surface area contributed by atoms with Crippen LogP contribution < -0.4 is 10.5 Å². The van der Waals surface area contributed by atoms with Gasteiger partial charge in [-0.1, -0.05) is 28.4 Å². The smallest absolute Gasteiger partial charge is 0.416 e. The van der Waals surface area contributed by atoms with Gasteiger partial charge in [-0.15, -0.1) is 5.10 Å². The number of nitrogens with two attached hydrogens (primary N) is 1. The summed E-state index contributed by atoms with van der Waals surface area (Å²) in [7, 11) is 1.47. The van der Waals surface area contributed by atoms with E-state index in [2.05, 4.69) is 10.3 Å². The summed E-state index contributed by atoms with van der Waals surface area (Å²) in [5.41, 5.74) is 6.14. The minimum atomic E-state index is -4.50. The van der Waals surface area contributed by atoms with Crippen LogP contribution in [0.2, 0.25) is 10.0 Å². The third-order valence-electron chi connectivity index (χ3n) is 3.62. The van der Waals surface area contributed by atoms with Crippen molar-refractivity contribution in [1.29, 1.82) is 0 Å². The van der Waals surface area contributed by atoms with Crippen LogP contribution in [0.3, 0.4) is 0 Å². The molecule has 0 bridgehead atoms. The normalized spacial score (nSPS) is 11.6. The molecule has 2 N–H and O–H groups in total. The third kappa shape index (κ3) is 3.30. The number of aromatic nitrogens is 3. The Kier molecular flexibility index (Phi) is 4.72. The topological polar surface area (TPSA) is 66.0 Å². The molecule has 0 amide bonds. The van der Waals surface area contributed by atoms with E-state index >= 15 is 0 Å². The molecule has 0 unspecified atom stereocenters. The van der Waals surface area contributed by atoms with Gasteiger partial charge in [0.15, 0.2) is 5.82 Å². The van der Waals surface area contributed by atoms with Gasteiger partial charge in [0, 0.05) is 10.6 Å². The minimum absolute atomic E-state index is 0.0761. The number of benzene rings is 2. The Hall–Kier alpha value is -2.45. The van der Waals surface area contributed by atoms with Gasteiger partial charge in [0.1, 0.15) is 11.4 Å². The summed E-state index contributed by atoms with van der Waals surface area (Å²) in [6, 6.07) is 7.74. The van der Waals surface area contributed by atoms with Crippen LogP contribution in [0.1, 0.15) is 5.56 Å². The molecule has 2 aromatic carbocycles. The number of rotatable bonds is 3. The molecule has 1 heterocycles. The fraction of sp³-hybridized carbons (Fsp3) is 0.125. The summed E-state index contributed by atoms with van der Waals surface area (Å²) in [5.74, 6) is 0.541. The van der Waals surface area contributed by atoms with Gasteiger partial charge in [-0.25, -0.2) is 0 Å². The van der Waals surface area contributed by atoms with Crippen LogP contribution in [0.25, 0.3) is 16.9 Å². The molecular weight excluding hydrogens is 392 g/mol. The number of alkyl halides is 3. The number of anilines is 1. The van der Waals surface area contributed by atoms with Gasteiger partial charge < -0.3 is 10.5 Å². The maximum Gasteiger partial charge on any atom is 0.416 e. The molecule has 0 spiro atoms. The lowest BCUT2D eigenvalue weighted by atomic mass is 10.1. The average molecular weight is 403 g/mol. The zero-order valence-electron chi connectivity index (χ0n) is 13.2. The lowest BCUT2D eigenvalue weighted by molar-refractivity contribution is -0.137. The van der Waals surface area contributed by atoms with Crippen LogP contribution in [0.15, 0.2) is 36.4 Å². The summed E-state index contributed by atoms with van der Waals surface area (Å²) >= 11 is 12.0. The van der Waals surface area contributed by atoms with E-state index in [0.717, 1.165) is 16.8 Å². The lowest BCUT2D eigenvalue weighted by Crippen LogP contribution is -2.07. The van der Waals surface area contributed by atoms with Gasteiger partial charge in [0.25, 0.3) is 0 Å². The Labute approximate surface area is 156 Å². The monoisotopic (exact) mass is 402 g/mol. The maximum absolute atomic E-state index is 12.8. The van der Waals surface area contributed by atoms with Gasteiger partial charge in [-0.05, 0) is 36.4 Å². The molecule has 0 aliphatic rings. The first-order chi connectivity index (χ1) is 12.2. The summed E-state index contributed by atoms with van der Waals surface area (Å²) in [6.45, 7) is 0. The van der Waals surface area contributed by atoms with E-state index in [1.807, 2.05) is 0 Å². The minimum Gasteiger partial charge on any atom is -0.496 e. The van der Waals surface area contributed by atoms with Gasteiger partial charge in [0.2, 0.25) is 0 Å². The molecule has 0 atom stereocenters. The average Bonchev–Trinajstić information content (AvgIpc) is 2.95. The number of methoxy groups -OCH3 is 1. The highest BCUT2D eigenvalue weighted by Gasteiger charge is 2.31. The number of hydrogen-bond acceptors (Lipinski definition) is 4. The standard InChI is InChI=1S/C16H11Cl2F3N4O/c1-26-13-5-3-9(17)7-10(13)14-15(22)25(24-23-14)12-4-2-8(6-11(12)18)16(19,20)21/h2-7H,22H2,1H3. The summed E-state index contributed by atoms with van der Waals surface area (Å²) in [4.78, 5) is 0. The quantitative estimate of drug-likeness (QED) is 0.679. The van der Waals surface area contributed by atoms with E-state index in [-0.39, 0.29) is 22.2 Å². The second-order valence-corrected chi connectivity index (χ2v) is 6.09. The van der Waals surface area contributed by atoms with Crippen molar-refractivity contribution in [3.63, 3.8) is 0 Å². The molecule has 3 rings (SSSR count). The largest absolute Gasteiger partial charge is 0.496 e. The van der Waals surface area contributed by atoms with E-state index < -0.39 is 11.7 Å². The van der Waals surface area contributed by atoms with Crippen molar-refractivity contribution in [2.24, 2.45) is 0 Å². The first kappa shape index (κ1) is 18.3.